The Labute approximate surface area is 122 Å². The molecule has 0 bridgehead atoms. The van der Waals surface area contributed by atoms with Gasteiger partial charge in [-0.25, -0.2) is 0 Å². The molecule has 3 nitrogen and oxygen atoms in total. The van der Waals surface area contributed by atoms with Crippen LogP contribution in [0, 0.1) is 11.3 Å². The van der Waals surface area contributed by atoms with Gasteiger partial charge in [0, 0.05) is 38.6 Å². The average molecular weight is 271 g/mol. The highest BCUT2D eigenvalue weighted by Gasteiger charge is 2.22. The second kappa shape index (κ2) is 8.04. The molecule has 20 heavy (non-hydrogen) atoms. The van der Waals surface area contributed by atoms with Crippen molar-refractivity contribution in [1.82, 2.24) is 9.80 Å². The van der Waals surface area contributed by atoms with Gasteiger partial charge in [-0.05, 0) is 31.9 Å². The molecule has 2 rings (SSSR count). The van der Waals surface area contributed by atoms with Crippen LogP contribution in [0.25, 0.3) is 0 Å². The van der Waals surface area contributed by atoms with E-state index in [0.29, 0.717) is 12.5 Å². The van der Waals surface area contributed by atoms with Crippen LogP contribution in [0.3, 0.4) is 0 Å². The molecule has 1 aromatic carbocycles. The van der Waals surface area contributed by atoms with Gasteiger partial charge in [0.1, 0.15) is 0 Å². The maximum Gasteiger partial charge on any atom is 0.0621 e. The van der Waals surface area contributed by atoms with E-state index >= 15 is 0 Å². The fourth-order valence-corrected chi connectivity index (χ4v) is 2.91. The molecule has 0 N–H and O–H groups in total. The Morgan fingerprint density at radius 3 is 2.70 bits per heavy atom. The Morgan fingerprint density at radius 1 is 1.20 bits per heavy atom. The van der Waals surface area contributed by atoms with Crippen LogP contribution in [-0.2, 0) is 6.54 Å². The van der Waals surface area contributed by atoms with Crippen LogP contribution in [0.2, 0.25) is 0 Å². The molecule has 1 aliphatic rings. The standard InChI is InChI=1S/C17H25N3/c1-16-14-19(15-17-8-4-2-5-9-17)12-13-20(16)11-7-3-6-10-18/h2,4-5,8-9,16H,3,6-7,11-15H2,1H3/t16-/m0/s1. The van der Waals surface area contributed by atoms with E-state index in [-0.39, 0.29) is 0 Å². The van der Waals surface area contributed by atoms with Gasteiger partial charge < -0.3 is 0 Å². The lowest BCUT2D eigenvalue weighted by molar-refractivity contribution is 0.0778. The van der Waals surface area contributed by atoms with E-state index in [9.17, 15) is 0 Å². The molecule has 0 unspecified atom stereocenters. The maximum atomic E-state index is 8.56. The first-order valence-electron chi connectivity index (χ1n) is 7.67. The van der Waals surface area contributed by atoms with Crippen molar-refractivity contribution in [2.45, 2.75) is 38.8 Å². The average Bonchev–Trinajstić information content (AvgIpc) is 2.46. The Balaban J connectivity index is 1.73. The molecule has 0 spiro atoms. The highest BCUT2D eigenvalue weighted by molar-refractivity contribution is 5.14. The van der Waals surface area contributed by atoms with Crippen molar-refractivity contribution >= 4 is 0 Å². The summed E-state index contributed by atoms with van der Waals surface area (Å²) in [5.74, 6) is 0. The van der Waals surface area contributed by atoms with E-state index in [2.05, 4.69) is 53.1 Å². The van der Waals surface area contributed by atoms with Crippen molar-refractivity contribution in [3.63, 3.8) is 0 Å². The highest BCUT2D eigenvalue weighted by atomic mass is 15.3. The van der Waals surface area contributed by atoms with Crippen LogP contribution in [-0.4, -0.2) is 42.0 Å². The number of benzene rings is 1. The van der Waals surface area contributed by atoms with Crippen LogP contribution < -0.4 is 0 Å². The van der Waals surface area contributed by atoms with E-state index in [0.717, 1.165) is 45.6 Å². The van der Waals surface area contributed by atoms with Crippen molar-refractivity contribution in [2.24, 2.45) is 0 Å². The highest BCUT2D eigenvalue weighted by Crippen LogP contribution is 2.14. The van der Waals surface area contributed by atoms with E-state index in [1.807, 2.05) is 0 Å². The summed E-state index contributed by atoms with van der Waals surface area (Å²) >= 11 is 0. The zero-order valence-electron chi connectivity index (χ0n) is 12.5. The van der Waals surface area contributed by atoms with Crippen molar-refractivity contribution in [1.29, 1.82) is 5.26 Å². The lowest BCUT2D eigenvalue weighted by Crippen LogP contribution is -2.51. The number of hydrogen-bond donors (Lipinski definition) is 0. The minimum atomic E-state index is 0.620. The van der Waals surface area contributed by atoms with Gasteiger partial charge in [0.05, 0.1) is 6.07 Å². The Kier molecular flexibility index (Phi) is 6.04. The molecular formula is C17H25N3. The number of piperazine rings is 1. The van der Waals surface area contributed by atoms with Gasteiger partial charge in [0.25, 0.3) is 0 Å². The minimum absolute atomic E-state index is 0.620. The van der Waals surface area contributed by atoms with E-state index in [4.69, 9.17) is 5.26 Å². The molecule has 0 aliphatic carbocycles. The topological polar surface area (TPSA) is 30.3 Å². The molecule has 0 radical (unpaired) electrons. The Bertz CT molecular complexity index is 424. The molecule has 0 amide bonds. The van der Waals surface area contributed by atoms with Gasteiger partial charge in [0.15, 0.2) is 0 Å². The number of unbranched alkanes of at least 4 members (excludes halogenated alkanes) is 2. The minimum Gasteiger partial charge on any atom is -0.298 e. The summed E-state index contributed by atoms with van der Waals surface area (Å²) < 4.78 is 0. The first kappa shape index (κ1) is 15.0. The molecule has 1 saturated heterocycles. The number of nitriles is 1. The molecule has 1 aliphatic heterocycles. The monoisotopic (exact) mass is 271 g/mol. The summed E-state index contributed by atoms with van der Waals surface area (Å²) in [6.07, 6.45) is 2.88. The van der Waals surface area contributed by atoms with Crippen molar-refractivity contribution in [3.05, 3.63) is 35.9 Å². The summed E-state index contributed by atoms with van der Waals surface area (Å²) in [4.78, 5) is 5.12. The van der Waals surface area contributed by atoms with Crippen molar-refractivity contribution in [2.75, 3.05) is 26.2 Å². The van der Waals surface area contributed by atoms with Crippen LogP contribution in [0.5, 0.6) is 0 Å². The smallest absolute Gasteiger partial charge is 0.0621 e. The fourth-order valence-electron chi connectivity index (χ4n) is 2.91. The van der Waals surface area contributed by atoms with Gasteiger partial charge >= 0.3 is 0 Å². The Hall–Kier alpha value is -1.37. The van der Waals surface area contributed by atoms with Gasteiger partial charge in [-0.2, -0.15) is 5.26 Å². The van der Waals surface area contributed by atoms with Gasteiger partial charge in [-0.3, -0.25) is 9.80 Å². The van der Waals surface area contributed by atoms with E-state index < -0.39 is 0 Å². The molecule has 3 heteroatoms. The lowest BCUT2D eigenvalue weighted by atomic mass is 10.1. The van der Waals surface area contributed by atoms with Crippen molar-refractivity contribution in [3.8, 4) is 6.07 Å². The van der Waals surface area contributed by atoms with Gasteiger partial charge in [0.2, 0.25) is 0 Å². The number of nitrogens with zero attached hydrogens (tertiary/aromatic N) is 3. The van der Waals surface area contributed by atoms with Gasteiger partial charge in [-0.1, -0.05) is 30.3 Å². The zero-order valence-corrected chi connectivity index (χ0v) is 12.5. The zero-order chi connectivity index (χ0) is 14.2. The Morgan fingerprint density at radius 2 is 2.00 bits per heavy atom. The quantitative estimate of drug-likeness (QED) is 0.745. The van der Waals surface area contributed by atoms with Crippen LogP contribution in [0.1, 0.15) is 31.7 Å². The number of hydrogen-bond acceptors (Lipinski definition) is 3. The van der Waals surface area contributed by atoms with Gasteiger partial charge in [-0.15, -0.1) is 0 Å². The maximum absolute atomic E-state index is 8.56. The third-order valence-corrected chi connectivity index (χ3v) is 4.08. The fraction of sp³-hybridized carbons (Fsp3) is 0.588. The van der Waals surface area contributed by atoms with E-state index in [1.54, 1.807) is 0 Å². The molecule has 1 heterocycles. The summed E-state index contributed by atoms with van der Waals surface area (Å²) in [6.45, 7) is 7.97. The molecule has 0 saturated carbocycles. The van der Waals surface area contributed by atoms with Crippen LogP contribution in [0.15, 0.2) is 30.3 Å². The SMILES string of the molecule is C[C@H]1CN(Cc2ccccc2)CCN1CCCCC#N. The first-order valence-corrected chi connectivity index (χ1v) is 7.67. The predicted octanol–water partition coefficient (Wildman–Crippen LogP) is 2.89. The number of rotatable bonds is 6. The molecule has 1 aromatic rings. The molecule has 1 fully saturated rings. The second-order valence-corrected chi connectivity index (χ2v) is 5.72. The summed E-state index contributed by atoms with van der Waals surface area (Å²) in [7, 11) is 0. The normalized spacial score (nSPS) is 20.7. The molecule has 1 atom stereocenters. The first-order chi connectivity index (χ1) is 9.79. The lowest BCUT2D eigenvalue weighted by Gasteiger charge is -2.40. The molecular weight excluding hydrogens is 246 g/mol. The third-order valence-electron chi connectivity index (χ3n) is 4.08. The summed E-state index contributed by atoms with van der Waals surface area (Å²) in [5.41, 5.74) is 1.40. The van der Waals surface area contributed by atoms with Crippen LogP contribution in [0.4, 0.5) is 0 Å². The van der Waals surface area contributed by atoms with E-state index in [1.165, 1.54) is 5.56 Å². The second-order valence-electron chi connectivity index (χ2n) is 5.72. The molecule has 108 valence electrons. The van der Waals surface area contributed by atoms with Crippen LogP contribution >= 0.6 is 0 Å². The summed E-state index contributed by atoms with van der Waals surface area (Å²) in [6, 6.07) is 13.6. The molecule has 0 aromatic heterocycles. The third kappa shape index (κ3) is 4.63. The largest absolute Gasteiger partial charge is 0.298 e. The predicted molar refractivity (Wildman–Crippen MR) is 82.2 cm³/mol. The van der Waals surface area contributed by atoms with Crippen molar-refractivity contribution < 1.29 is 0 Å². The summed E-state index contributed by atoms with van der Waals surface area (Å²) in [5, 5.41) is 8.56.